The van der Waals surface area contributed by atoms with Crippen molar-refractivity contribution < 1.29 is 14.0 Å². The Kier molecular flexibility index (Phi) is 7.72. The maximum absolute atomic E-state index is 13.4. The summed E-state index contributed by atoms with van der Waals surface area (Å²) in [6.45, 7) is 0.270. The first kappa shape index (κ1) is 24.3. The molecule has 4 aromatic rings. The van der Waals surface area contributed by atoms with E-state index >= 15 is 0 Å². The minimum absolute atomic E-state index is 0.270. The number of benzene rings is 3. The Morgan fingerprint density at radius 1 is 0.971 bits per heavy atom. The molecule has 1 atom stereocenters. The molecule has 4 rings (SSSR count). The van der Waals surface area contributed by atoms with Crippen molar-refractivity contribution in [3.63, 3.8) is 0 Å². The minimum atomic E-state index is -0.781. The molecule has 1 heterocycles. The lowest BCUT2D eigenvalue weighted by Crippen LogP contribution is -2.47. The fourth-order valence-corrected chi connectivity index (χ4v) is 4.19. The van der Waals surface area contributed by atoms with Crippen LogP contribution < -0.4 is 10.6 Å². The molecular weight excluding hydrogens is 511 g/mol. The fourth-order valence-electron chi connectivity index (χ4n) is 3.75. The van der Waals surface area contributed by atoms with E-state index in [9.17, 15) is 14.0 Å². The van der Waals surface area contributed by atoms with Gasteiger partial charge in [0, 0.05) is 23.5 Å². The lowest BCUT2D eigenvalue weighted by Gasteiger charge is -2.18. The molecule has 6 nitrogen and oxygen atoms in total. The number of likely N-dealkylation sites (N-methyl/N-ethyl adjacent to an activating group) is 1. The highest BCUT2D eigenvalue weighted by molar-refractivity contribution is 9.10. The standard InChI is InChI=1S/C27H24BrFN4O2/c1-30-26(34)24(15-19-6-5-9-21(28)14-19)31-27(35)25-16-23(20-7-3-2-4-8-20)32-33(25)17-18-10-12-22(29)13-11-18/h2-14,16,24H,15,17H2,1H3,(H,30,34)(H,31,35). The summed E-state index contributed by atoms with van der Waals surface area (Å²) in [6, 6.07) is 24.1. The van der Waals surface area contributed by atoms with Gasteiger partial charge in [0.15, 0.2) is 0 Å². The maximum Gasteiger partial charge on any atom is 0.270 e. The molecule has 0 bridgehead atoms. The van der Waals surface area contributed by atoms with E-state index in [0.717, 1.165) is 21.2 Å². The van der Waals surface area contributed by atoms with Gasteiger partial charge in [0.1, 0.15) is 17.6 Å². The highest BCUT2D eigenvalue weighted by Gasteiger charge is 2.24. The van der Waals surface area contributed by atoms with Gasteiger partial charge in [-0.2, -0.15) is 5.10 Å². The van der Waals surface area contributed by atoms with Crippen LogP contribution in [0.2, 0.25) is 0 Å². The predicted octanol–water partition coefficient (Wildman–Crippen LogP) is 4.59. The zero-order valence-electron chi connectivity index (χ0n) is 19.0. The SMILES string of the molecule is CNC(=O)C(Cc1cccc(Br)c1)NC(=O)c1cc(-c2ccccc2)nn1Cc1ccc(F)cc1. The van der Waals surface area contributed by atoms with E-state index in [2.05, 4.69) is 31.7 Å². The van der Waals surface area contributed by atoms with Crippen LogP contribution in [0.3, 0.4) is 0 Å². The monoisotopic (exact) mass is 534 g/mol. The summed E-state index contributed by atoms with van der Waals surface area (Å²) in [7, 11) is 1.54. The molecule has 2 N–H and O–H groups in total. The van der Waals surface area contributed by atoms with Gasteiger partial charge in [-0.05, 0) is 41.5 Å². The van der Waals surface area contributed by atoms with Gasteiger partial charge in [-0.25, -0.2) is 4.39 Å². The van der Waals surface area contributed by atoms with Crippen molar-refractivity contribution in [1.82, 2.24) is 20.4 Å². The summed E-state index contributed by atoms with van der Waals surface area (Å²) in [5.41, 5.74) is 3.48. The number of hydrogen-bond donors (Lipinski definition) is 2. The first-order valence-electron chi connectivity index (χ1n) is 11.1. The van der Waals surface area contributed by atoms with Crippen molar-refractivity contribution in [3.05, 3.63) is 112 Å². The Labute approximate surface area is 211 Å². The van der Waals surface area contributed by atoms with Crippen molar-refractivity contribution in [2.45, 2.75) is 19.0 Å². The van der Waals surface area contributed by atoms with E-state index in [1.165, 1.54) is 19.2 Å². The predicted molar refractivity (Wildman–Crippen MR) is 136 cm³/mol. The molecule has 0 aliphatic heterocycles. The lowest BCUT2D eigenvalue weighted by atomic mass is 10.0. The fraction of sp³-hybridized carbons (Fsp3) is 0.148. The third-order valence-electron chi connectivity index (χ3n) is 5.52. The second kappa shape index (κ2) is 11.1. The maximum atomic E-state index is 13.4. The van der Waals surface area contributed by atoms with Gasteiger partial charge < -0.3 is 10.6 Å². The third kappa shape index (κ3) is 6.22. The van der Waals surface area contributed by atoms with Crippen molar-refractivity contribution in [2.75, 3.05) is 7.05 Å². The van der Waals surface area contributed by atoms with Crippen LogP contribution in [0.25, 0.3) is 11.3 Å². The quantitative estimate of drug-likeness (QED) is 0.347. The molecule has 0 fully saturated rings. The highest BCUT2D eigenvalue weighted by Crippen LogP contribution is 2.20. The van der Waals surface area contributed by atoms with Gasteiger partial charge in [0.25, 0.3) is 5.91 Å². The number of amides is 2. The molecule has 0 aliphatic rings. The molecule has 0 saturated carbocycles. The van der Waals surface area contributed by atoms with Crippen LogP contribution in [-0.2, 0) is 17.8 Å². The molecule has 0 aliphatic carbocycles. The first-order chi connectivity index (χ1) is 16.9. The highest BCUT2D eigenvalue weighted by atomic mass is 79.9. The molecule has 1 unspecified atom stereocenters. The average molecular weight is 535 g/mol. The molecule has 35 heavy (non-hydrogen) atoms. The number of carbonyl (C=O) groups excluding carboxylic acids is 2. The largest absolute Gasteiger partial charge is 0.357 e. The van der Waals surface area contributed by atoms with E-state index in [4.69, 9.17) is 0 Å². The summed E-state index contributed by atoms with van der Waals surface area (Å²) in [5, 5.41) is 10.1. The topological polar surface area (TPSA) is 76.0 Å². The Balaban J connectivity index is 1.64. The first-order valence-corrected chi connectivity index (χ1v) is 11.9. The van der Waals surface area contributed by atoms with Gasteiger partial charge in [0.05, 0.1) is 12.2 Å². The Morgan fingerprint density at radius 2 is 1.71 bits per heavy atom. The van der Waals surface area contributed by atoms with Gasteiger partial charge in [-0.15, -0.1) is 0 Å². The number of nitrogens with zero attached hydrogens (tertiary/aromatic N) is 2. The molecular formula is C27H24BrFN4O2. The molecule has 0 spiro atoms. The normalized spacial score (nSPS) is 11.6. The van der Waals surface area contributed by atoms with Gasteiger partial charge >= 0.3 is 0 Å². The molecule has 0 saturated heterocycles. The average Bonchev–Trinajstić information content (AvgIpc) is 3.29. The van der Waals surface area contributed by atoms with Crippen LogP contribution in [0.15, 0.2) is 89.4 Å². The number of nitrogens with one attached hydrogen (secondary N) is 2. The zero-order valence-corrected chi connectivity index (χ0v) is 20.6. The van der Waals surface area contributed by atoms with Gasteiger partial charge in [0.2, 0.25) is 5.91 Å². The Hall–Kier alpha value is -3.78. The number of rotatable bonds is 8. The minimum Gasteiger partial charge on any atom is -0.357 e. The smallest absolute Gasteiger partial charge is 0.270 e. The van der Waals surface area contributed by atoms with Crippen molar-refractivity contribution in [3.8, 4) is 11.3 Å². The van der Waals surface area contributed by atoms with Crippen LogP contribution >= 0.6 is 15.9 Å². The van der Waals surface area contributed by atoms with E-state index in [0.29, 0.717) is 17.8 Å². The van der Waals surface area contributed by atoms with Crippen molar-refractivity contribution in [1.29, 1.82) is 0 Å². The van der Waals surface area contributed by atoms with Crippen LogP contribution in [0.4, 0.5) is 4.39 Å². The van der Waals surface area contributed by atoms with Crippen LogP contribution in [0.1, 0.15) is 21.6 Å². The van der Waals surface area contributed by atoms with Crippen molar-refractivity contribution in [2.24, 2.45) is 0 Å². The number of carbonyl (C=O) groups is 2. The Morgan fingerprint density at radius 3 is 2.40 bits per heavy atom. The van der Waals surface area contributed by atoms with Crippen LogP contribution in [0.5, 0.6) is 0 Å². The second-order valence-corrected chi connectivity index (χ2v) is 8.95. The molecule has 3 aromatic carbocycles. The second-order valence-electron chi connectivity index (χ2n) is 8.04. The van der Waals surface area contributed by atoms with E-state index in [1.54, 1.807) is 22.9 Å². The molecule has 2 amide bonds. The molecule has 1 aromatic heterocycles. The summed E-state index contributed by atoms with van der Waals surface area (Å²) < 4.78 is 15.9. The molecule has 0 radical (unpaired) electrons. The zero-order chi connectivity index (χ0) is 24.8. The number of aromatic nitrogens is 2. The third-order valence-corrected chi connectivity index (χ3v) is 6.02. The summed E-state index contributed by atoms with van der Waals surface area (Å²) in [5.74, 6) is -1.06. The summed E-state index contributed by atoms with van der Waals surface area (Å²) in [4.78, 5) is 26.0. The van der Waals surface area contributed by atoms with Crippen LogP contribution in [-0.4, -0.2) is 34.7 Å². The lowest BCUT2D eigenvalue weighted by molar-refractivity contribution is -0.122. The van der Waals surface area contributed by atoms with Gasteiger partial charge in [-0.1, -0.05) is 70.5 Å². The van der Waals surface area contributed by atoms with Crippen molar-refractivity contribution >= 4 is 27.7 Å². The Bertz CT molecular complexity index is 1320. The van der Waals surface area contributed by atoms with Crippen LogP contribution in [0, 0.1) is 5.82 Å². The van der Waals surface area contributed by atoms with E-state index in [1.807, 2.05) is 54.6 Å². The molecule has 178 valence electrons. The molecule has 8 heteroatoms. The summed E-state index contributed by atoms with van der Waals surface area (Å²) in [6.07, 6.45) is 0.322. The van der Waals surface area contributed by atoms with E-state index < -0.39 is 11.9 Å². The van der Waals surface area contributed by atoms with E-state index in [-0.39, 0.29) is 18.3 Å². The number of hydrogen-bond acceptors (Lipinski definition) is 3. The summed E-state index contributed by atoms with van der Waals surface area (Å²) >= 11 is 3.44. The number of halogens is 2. The van der Waals surface area contributed by atoms with Gasteiger partial charge in [-0.3, -0.25) is 14.3 Å².